The van der Waals surface area contributed by atoms with Gasteiger partial charge in [0.1, 0.15) is 33.1 Å². The Morgan fingerprint density at radius 1 is 0.481 bits per heavy atom. The van der Waals surface area contributed by atoms with Crippen molar-refractivity contribution in [2.45, 2.75) is 115 Å². The third kappa shape index (κ3) is 15.3. The lowest BCUT2D eigenvalue weighted by molar-refractivity contribution is -0.137. The van der Waals surface area contributed by atoms with Crippen LogP contribution in [-0.4, -0.2) is 62.3 Å². The zero-order chi connectivity index (χ0) is 53.6. The third-order valence-corrected chi connectivity index (χ3v) is 15.0. The van der Waals surface area contributed by atoms with E-state index in [-0.39, 0.29) is 64.6 Å². The molecule has 9 rings (SSSR count). The lowest BCUT2D eigenvalue weighted by Crippen LogP contribution is -2.41. The predicted molar refractivity (Wildman–Crippen MR) is 313 cm³/mol. The topological polar surface area (TPSA) is 224 Å². The molecule has 0 aliphatic carbocycles. The number of thiophene rings is 3. The first-order valence-corrected chi connectivity index (χ1v) is 26.1. The molecule has 6 aromatic heterocycles. The molecule has 17 nitrogen and oxygen atoms in total. The van der Waals surface area contributed by atoms with Gasteiger partial charge in [0.25, 0.3) is 16.7 Å². The molecule has 0 fully saturated rings. The van der Waals surface area contributed by atoms with E-state index in [0.29, 0.717) is 75.8 Å². The molecule has 0 unspecified atom stereocenters. The summed E-state index contributed by atoms with van der Waals surface area (Å²) in [6, 6.07) is 29.5. The van der Waals surface area contributed by atoms with Gasteiger partial charge in [0.05, 0.1) is 35.9 Å². The molecule has 0 atom stereocenters. The summed E-state index contributed by atoms with van der Waals surface area (Å²) in [5.74, 6) is -1.05. The van der Waals surface area contributed by atoms with E-state index in [2.05, 4.69) is 0 Å². The highest BCUT2D eigenvalue weighted by molar-refractivity contribution is 7.17. The Morgan fingerprint density at radius 3 is 1.09 bits per heavy atom. The van der Waals surface area contributed by atoms with Crippen LogP contribution in [0.1, 0.15) is 69.5 Å². The van der Waals surface area contributed by atoms with Crippen molar-refractivity contribution in [1.29, 1.82) is 0 Å². The van der Waals surface area contributed by atoms with E-state index in [1.54, 1.807) is 16.1 Å². The summed E-state index contributed by atoms with van der Waals surface area (Å²) in [7, 11) is 0. The molecular formula is C57H68N6O11S3. The molecule has 3 aromatic carbocycles. The lowest BCUT2D eigenvalue weighted by Gasteiger charge is -2.11. The highest BCUT2D eigenvalue weighted by Crippen LogP contribution is 2.24. The fourth-order valence-corrected chi connectivity index (χ4v) is 11.3. The van der Waals surface area contributed by atoms with Gasteiger partial charge in [-0.3, -0.25) is 42.0 Å². The van der Waals surface area contributed by atoms with Crippen LogP contribution in [0.3, 0.4) is 0 Å². The molecule has 2 N–H and O–H groups in total. The second-order valence-electron chi connectivity index (χ2n) is 17.3. The molecule has 0 aliphatic rings. The fourth-order valence-electron chi connectivity index (χ4n) is 8.09. The smallest absolute Gasteiger partial charge is 0.332 e. The number of hydrogen-bond donors (Lipinski definition) is 2. The molecule has 20 heteroatoms. The highest BCUT2D eigenvalue weighted by Gasteiger charge is 2.20. The van der Waals surface area contributed by atoms with Gasteiger partial charge in [-0.25, -0.2) is 19.0 Å². The van der Waals surface area contributed by atoms with Crippen molar-refractivity contribution in [3.63, 3.8) is 0 Å². The standard InChI is InChI=1S/C17H16N2O4S.C17H18N2O3S.C17H16N2O3S.C3H6O.3CH4/c1-11-10-24-16-14(11)15(22)19(9-13(20)21)17(23)18(16)8-7-12-5-3-2-4-6-12;2*1-12-11-23-16-14(12)15(21)18(9-10-20)17(22)19(16)8-7-13-5-3-2-4-6-13;1-3(2)4;;;/h2-6,10H,7-9H2,1H3,(H,20,21);2-6,11,20H,7-10H2,1H3;2-6,10-11H,7-9H2,1H3;1-2H3;3*1H4. The molecule has 0 saturated carbocycles. The van der Waals surface area contributed by atoms with Crippen LogP contribution in [0.4, 0.5) is 0 Å². The summed E-state index contributed by atoms with van der Waals surface area (Å²) in [6.45, 7) is 8.87. The number of aliphatic hydroxyl groups excluding tert-OH is 1. The van der Waals surface area contributed by atoms with Gasteiger partial charge >= 0.3 is 23.0 Å². The van der Waals surface area contributed by atoms with E-state index >= 15 is 0 Å². The van der Waals surface area contributed by atoms with Crippen molar-refractivity contribution in [2.75, 3.05) is 6.61 Å². The number of aliphatic hydroxyl groups is 1. The summed E-state index contributed by atoms with van der Waals surface area (Å²) in [5.41, 5.74) is 3.21. The van der Waals surface area contributed by atoms with Crippen LogP contribution in [0.5, 0.6) is 0 Å². The third-order valence-electron chi connectivity index (χ3n) is 11.6. The Balaban J connectivity index is 0.000000288. The maximum atomic E-state index is 12.6. The monoisotopic (exact) mass is 1110 g/mol. The van der Waals surface area contributed by atoms with Gasteiger partial charge in [-0.05, 0) is 103 Å². The lowest BCUT2D eigenvalue weighted by atomic mass is 10.1. The zero-order valence-electron chi connectivity index (χ0n) is 41.5. The van der Waals surface area contributed by atoms with Crippen LogP contribution in [0.15, 0.2) is 136 Å². The molecule has 0 radical (unpaired) electrons. The van der Waals surface area contributed by atoms with Crippen molar-refractivity contribution in [3.8, 4) is 0 Å². The number of nitrogens with zero attached hydrogens (tertiary/aromatic N) is 6. The zero-order valence-corrected chi connectivity index (χ0v) is 44.0. The molecule has 9 aromatic rings. The Hall–Kier alpha value is -7.65. The fraction of sp³-hybridized carbons (Fsp3) is 0.316. The van der Waals surface area contributed by atoms with Crippen LogP contribution < -0.4 is 33.7 Å². The quantitative estimate of drug-likeness (QED) is 0.0933. The number of carboxylic acids is 1. The molecule has 410 valence electrons. The van der Waals surface area contributed by atoms with Gasteiger partial charge in [0.15, 0.2) is 0 Å². The maximum absolute atomic E-state index is 12.6. The van der Waals surface area contributed by atoms with Crippen LogP contribution in [0, 0.1) is 20.8 Å². The van der Waals surface area contributed by atoms with Gasteiger partial charge in [-0.2, -0.15) is 0 Å². The second-order valence-corrected chi connectivity index (χ2v) is 19.8. The number of rotatable bonds is 15. The predicted octanol–water partition coefficient (Wildman–Crippen LogP) is 8.11. The highest BCUT2D eigenvalue weighted by atomic mass is 32.1. The van der Waals surface area contributed by atoms with E-state index in [4.69, 9.17) is 10.2 Å². The number of hydrogen-bond acceptors (Lipinski definition) is 13. The minimum atomic E-state index is -1.21. The second kappa shape index (κ2) is 29.6. The number of fused-ring (bicyclic) bond motifs is 3. The van der Waals surface area contributed by atoms with Crippen LogP contribution in [0.2, 0.25) is 0 Å². The number of aliphatic carboxylic acids is 1. The van der Waals surface area contributed by atoms with Gasteiger partial charge in [0.2, 0.25) is 0 Å². The first-order valence-electron chi connectivity index (χ1n) is 23.5. The Labute approximate surface area is 457 Å². The van der Waals surface area contributed by atoms with Gasteiger partial charge in [-0.15, -0.1) is 34.0 Å². The SMILES string of the molecule is C.C.C.CC(C)=O.Cc1csc2c1c(=O)n(CC(=O)O)c(=O)n2CCc1ccccc1.Cc1csc2c1c(=O)n(CC=O)c(=O)n2CCc1ccccc1.Cc1csc2c1c(=O)n(CCO)c(=O)n2CCc1ccccc1. The molecule has 77 heavy (non-hydrogen) atoms. The average molecular weight is 1110 g/mol. The van der Waals surface area contributed by atoms with Crippen molar-refractivity contribution < 1.29 is 24.6 Å². The van der Waals surface area contributed by atoms with Crippen molar-refractivity contribution in [2.24, 2.45) is 0 Å². The van der Waals surface area contributed by atoms with Gasteiger partial charge in [-0.1, -0.05) is 113 Å². The molecule has 0 amide bonds. The number of carbonyl (C=O) groups is 3. The van der Waals surface area contributed by atoms with Gasteiger partial charge in [0, 0.05) is 19.6 Å². The Kier molecular flexibility index (Phi) is 24.5. The van der Waals surface area contributed by atoms with E-state index in [9.17, 15) is 43.2 Å². The number of aryl methyl sites for hydroxylation is 9. The average Bonchev–Trinajstić information content (AvgIpc) is 4.10. The number of carboxylic acid groups (broad SMARTS) is 1. The molecule has 0 aliphatic heterocycles. The van der Waals surface area contributed by atoms with Crippen molar-refractivity contribution in [3.05, 3.63) is 203 Å². The van der Waals surface area contributed by atoms with E-state index in [1.165, 1.54) is 52.4 Å². The number of aldehydes is 1. The van der Waals surface area contributed by atoms with Crippen molar-refractivity contribution in [1.82, 2.24) is 27.4 Å². The van der Waals surface area contributed by atoms with Crippen LogP contribution in [-0.2, 0) is 72.9 Å². The Bertz CT molecular complexity index is 3800. The Morgan fingerprint density at radius 2 is 0.779 bits per heavy atom. The van der Waals surface area contributed by atoms with Crippen LogP contribution in [0.25, 0.3) is 30.6 Å². The molecule has 0 bridgehead atoms. The number of ketones is 1. The largest absolute Gasteiger partial charge is 0.480 e. The summed E-state index contributed by atoms with van der Waals surface area (Å²) in [4.78, 5) is 109. The molecule has 6 heterocycles. The first kappa shape index (κ1) is 63.6. The minimum Gasteiger partial charge on any atom is -0.480 e. The van der Waals surface area contributed by atoms with Crippen LogP contribution >= 0.6 is 34.0 Å². The maximum Gasteiger partial charge on any atom is 0.332 e. The number of Topliss-reactive ketones (excluding diaryl/α,β-unsaturated/α-hetero) is 1. The van der Waals surface area contributed by atoms with E-state index in [0.717, 1.165) is 47.1 Å². The number of benzene rings is 3. The van der Waals surface area contributed by atoms with Gasteiger partial charge < -0.3 is 19.8 Å². The van der Waals surface area contributed by atoms with E-state index < -0.39 is 29.5 Å². The summed E-state index contributed by atoms with van der Waals surface area (Å²) >= 11 is 4.14. The first-order chi connectivity index (χ1) is 35.5. The number of carbonyl (C=O) groups excluding carboxylic acids is 2. The molecule has 0 saturated heterocycles. The molecule has 0 spiro atoms. The van der Waals surface area contributed by atoms with Crippen molar-refractivity contribution >= 4 is 82.7 Å². The van der Waals surface area contributed by atoms with E-state index in [1.807, 2.05) is 121 Å². The summed E-state index contributed by atoms with van der Waals surface area (Å²) in [5, 5.41) is 25.3. The summed E-state index contributed by atoms with van der Waals surface area (Å²) in [6.07, 6.45) is 2.60. The minimum absolute atomic E-state index is 0. The number of aromatic nitrogens is 6. The molecular weight excluding hydrogens is 1040 g/mol. The normalized spacial score (nSPS) is 10.4. The summed E-state index contributed by atoms with van der Waals surface area (Å²) < 4.78 is 7.70.